The highest BCUT2D eigenvalue weighted by Gasteiger charge is 2.25. The number of hydrogen-bond acceptors (Lipinski definition) is 5. The van der Waals surface area contributed by atoms with Crippen LogP contribution in [0.4, 0.5) is 11.5 Å². The van der Waals surface area contributed by atoms with Crippen molar-refractivity contribution in [2.45, 2.75) is 32.9 Å². The molecule has 1 aliphatic heterocycles. The van der Waals surface area contributed by atoms with E-state index in [-0.39, 0.29) is 5.91 Å². The van der Waals surface area contributed by atoms with E-state index < -0.39 is 0 Å². The summed E-state index contributed by atoms with van der Waals surface area (Å²) < 4.78 is 0. The molecule has 0 spiro atoms. The van der Waals surface area contributed by atoms with Crippen molar-refractivity contribution in [3.05, 3.63) is 47.7 Å². The second kappa shape index (κ2) is 6.97. The molecule has 2 aromatic rings. The lowest BCUT2D eigenvalue weighted by molar-refractivity contribution is 0.0674. The molecular weight excluding hydrogens is 302 g/mol. The average Bonchev–Trinajstić information content (AvgIpc) is 2.56. The van der Waals surface area contributed by atoms with Gasteiger partial charge in [0.2, 0.25) is 0 Å². The molecule has 2 heterocycles. The molecule has 24 heavy (non-hydrogen) atoms. The summed E-state index contributed by atoms with van der Waals surface area (Å²) in [6, 6.07) is 11.9. The molecule has 1 aliphatic rings. The van der Waals surface area contributed by atoms with Gasteiger partial charge in [-0.25, -0.2) is 0 Å². The first kappa shape index (κ1) is 16.4. The normalized spacial score (nSPS) is 20.7. The van der Waals surface area contributed by atoms with E-state index in [0.29, 0.717) is 23.5 Å². The number of nitrogens with zero attached hydrogens (tertiary/aromatic N) is 3. The van der Waals surface area contributed by atoms with Crippen molar-refractivity contribution in [3.63, 3.8) is 0 Å². The molecule has 1 saturated heterocycles. The van der Waals surface area contributed by atoms with Crippen LogP contribution in [0.15, 0.2) is 36.4 Å². The van der Waals surface area contributed by atoms with Crippen molar-refractivity contribution in [2.24, 2.45) is 0 Å². The van der Waals surface area contributed by atoms with Crippen molar-refractivity contribution in [3.8, 4) is 0 Å². The third-order valence-corrected chi connectivity index (χ3v) is 4.02. The summed E-state index contributed by atoms with van der Waals surface area (Å²) in [7, 11) is 0. The lowest BCUT2D eigenvalue weighted by atomic mass is 10.1. The Labute approximate surface area is 142 Å². The van der Waals surface area contributed by atoms with Crippen LogP contribution in [0.3, 0.4) is 0 Å². The van der Waals surface area contributed by atoms with Crippen LogP contribution in [-0.2, 0) is 0 Å². The number of carbonyl (C=O) groups excluding carboxylic acids is 1. The molecular formula is C18H23N5O. The Morgan fingerprint density at radius 1 is 1.17 bits per heavy atom. The lowest BCUT2D eigenvalue weighted by Gasteiger charge is -2.36. The van der Waals surface area contributed by atoms with Crippen molar-refractivity contribution >= 4 is 17.4 Å². The minimum atomic E-state index is 0.0637. The first-order valence-corrected chi connectivity index (χ1v) is 8.24. The fourth-order valence-corrected chi connectivity index (χ4v) is 3.02. The lowest BCUT2D eigenvalue weighted by Crippen LogP contribution is -2.55. The first-order chi connectivity index (χ1) is 11.5. The van der Waals surface area contributed by atoms with Gasteiger partial charge in [0.25, 0.3) is 5.91 Å². The third kappa shape index (κ3) is 3.89. The first-order valence-electron chi connectivity index (χ1n) is 8.24. The number of carbonyl (C=O) groups is 1. The van der Waals surface area contributed by atoms with E-state index in [1.165, 1.54) is 0 Å². The van der Waals surface area contributed by atoms with Gasteiger partial charge in [-0.3, -0.25) is 4.79 Å². The van der Waals surface area contributed by atoms with Crippen LogP contribution in [0.1, 0.15) is 29.9 Å². The number of rotatable bonds is 3. The highest BCUT2D eigenvalue weighted by molar-refractivity contribution is 5.95. The molecule has 0 radical (unpaired) electrons. The Kier molecular flexibility index (Phi) is 4.76. The molecule has 0 unspecified atom stereocenters. The van der Waals surface area contributed by atoms with E-state index in [9.17, 15) is 4.79 Å². The zero-order valence-electron chi connectivity index (χ0n) is 14.3. The number of aromatic nitrogens is 2. The van der Waals surface area contributed by atoms with Crippen LogP contribution < -0.4 is 10.6 Å². The van der Waals surface area contributed by atoms with Gasteiger partial charge in [-0.15, -0.1) is 5.10 Å². The van der Waals surface area contributed by atoms with E-state index in [0.717, 1.165) is 24.5 Å². The Balaban J connectivity index is 1.74. The van der Waals surface area contributed by atoms with Gasteiger partial charge in [-0.05, 0) is 51.1 Å². The monoisotopic (exact) mass is 325 g/mol. The molecule has 126 valence electrons. The van der Waals surface area contributed by atoms with Crippen molar-refractivity contribution in [1.29, 1.82) is 0 Å². The quantitative estimate of drug-likeness (QED) is 0.906. The topological polar surface area (TPSA) is 70.2 Å². The largest absolute Gasteiger partial charge is 0.339 e. The molecule has 6 heteroatoms. The standard InChI is InChI=1S/C18H23N5O/c1-12-7-8-17(22-21-12)20-16-6-4-5-15(9-16)18(24)23-10-13(2)19-14(3)11-23/h4-9,13-14,19H,10-11H2,1-3H3,(H,20,22)/t13-,14-/m0/s1. The molecule has 6 nitrogen and oxygen atoms in total. The predicted molar refractivity (Wildman–Crippen MR) is 94.5 cm³/mol. The maximum Gasteiger partial charge on any atom is 0.254 e. The summed E-state index contributed by atoms with van der Waals surface area (Å²) in [6.07, 6.45) is 0. The number of nitrogens with one attached hydrogen (secondary N) is 2. The van der Waals surface area contributed by atoms with E-state index in [1.54, 1.807) is 0 Å². The average molecular weight is 325 g/mol. The number of hydrogen-bond donors (Lipinski definition) is 2. The van der Waals surface area contributed by atoms with Crippen LogP contribution in [0, 0.1) is 6.92 Å². The van der Waals surface area contributed by atoms with Gasteiger partial charge in [-0.1, -0.05) is 6.07 Å². The molecule has 1 aromatic heterocycles. The second-order valence-corrected chi connectivity index (χ2v) is 6.44. The highest BCUT2D eigenvalue weighted by Crippen LogP contribution is 2.18. The maximum absolute atomic E-state index is 12.8. The van der Waals surface area contributed by atoms with Crippen LogP contribution in [0.25, 0.3) is 0 Å². The molecule has 2 atom stereocenters. The van der Waals surface area contributed by atoms with E-state index in [2.05, 4.69) is 34.7 Å². The van der Waals surface area contributed by atoms with Gasteiger partial charge in [-0.2, -0.15) is 5.10 Å². The van der Waals surface area contributed by atoms with Crippen molar-refractivity contribution in [2.75, 3.05) is 18.4 Å². The molecule has 1 fully saturated rings. The molecule has 0 bridgehead atoms. The fourth-order valence-electron chi connectivity index (χ4n) is 3.02. The number of anilines is 2. The molecule has 1 aromatic carbocycles. The van der Waals surface area contributed by atoms with Gasteiger partial charge in [0.1, 0.15) is 0 Å². The second-order valence-electron chi connectivity index (χ2n) is 6.44. The van der Waals surface area contributed by atoms with Gasteiger partial charge in [0, 0.05) is 36.4 Å². The summed E-state index contributed by atoms with van der Waals surface area (Å²) in [4.78, 5) is 14.7. The number of aryl methyl sites for hydroxylation is 1. The van der Waals surface area contributed by atoms with Crippen molar-refractivity contribution in [1.82, 2.24) is 20.4 Å². The van der Waals surface area contributed by atoms with E-state index >= 15 is 0 Å². The minimum Gasteiger partial charge on any atom is -0.339 e. The molecule has 0 saturated carbocycles. The summed E-state index contributed by atoms with van der Waals surface area (Å²) in [5.74, 6) is 0.725. The summed E-state index contributed by atoms with van der Waals surface area (Å²) in [5.41, 5.74) is 2.38. The number of benzene rings is 1. The van der Waals surface area contributed by atoms with Crippen LogP contribution in [0.2, 0.25) is 0 Å². The Bertz CT molecular complexity index is 706. The Hall–Kier alpha value is -2.47. The summed E-state index contributed by atoms with van der Waals surface area (Å²) >= 11 is 0. The molecule has 0 aliphatic carbocycles. The van der Waals surface area contributed by atoms with Crippen LogP contribution in [-0.4, -0.2) is 46.2 Å². The number of amides is 1. The van der Waals surface area contributed by atoms with Crippen LogP contribution in [0.5, 0.6) is 0 Å². The van der Waals surface area contributed by atoms with Gasteiger partial charge in [0.15, 0.2) is 5.82 Å². The van der Waals surface area contributed by atoms with Gasteiger partial charge in [0.05, 0.1) is 5.69 Å². The zero-order valence-corrected chi connectivity index (χ0v) is 14.3. The zero-order chi connectivity index (χ0) is 17.1. The van der Waals surface area contributed by atoms with Crippen molar-refractivity contribution < 1.29 is 4.79 Å². The summed E-state index contributed by atoms with van der Waals surface area (Å²) in [6.45, 7) is 7.55. The highest BCUT2D eigenvalue weighted by atomic mass is 16.2. The minimum absolute atomic E-state index is 0.0637. The predicted octanol–water partition coefficient (Wildman–Crippen LogP) is 2.35. The van der Waals surface area contributed by atoms with E-state index in [1.807, 2.05) is 48.2 Å². The van der Waals surface area contributed by atoms with Crippen LogP contribution >= 0.6 is 0 Å². The smallest absolute Gasteiger partial charge is 0.254 e. The fraction of sp³-hybridized carbons (Fsp3) is 0.389. The van der Waals surface area contributed by atoms with Gasteiger partial charge < -0.3 is 15.5 Å². The summed E-state index contributed by atoms with van der Waals surface area (Å²) in [5, 5.41) is 14.8. The third-order valence-electron chi connectivity index (χ3n) is 4.02. The molecule has 3 rings (SSSR count). The number of piperazine rings is 1. The Morgan fingerprint density at radius 3 is 2.58 bits per heavy atom. The SMILES string of the molecule is Cc1ccc(Nc2cccc(C(=O)N3C[C@H](C)N[C@@H](C)C3)c2)nn1. The Morgan fingerprint density at radius 2 is 1.92 bits per heavy atom. The molecule has 1 amide bonds. The van der Waals surface area contributed by atoms with E-state index in [4.69, 9.17) is 0 Å². The maximum atomic E-state index is 12.8. The molecule has 2 N–H and O–H groups in total. The van der Waals surface area contributed by atoms with Gasteiger partial charge >= 0.3 is 0 Å².